The number of H-pyrrole nitrogens is 1. The van der Waals surface area contributed by atoms with Crippen molar-refractivity contribution >= 4 is 16.7 Å². The molecule has 1 amide bonds. The van der Waals surface area contributed by atoms with Crippen molar-refractivity contribution in [1.82, 2.24) is 4.90 Å². The van der Waals surface area contributed by atoms with Crippen molar-refractivity contribution in [2.24, 2.45) is 0 Å². The number of rotatable bonds is 5. The Labute approximate surface area is 159 Å². The summed E-state index contributed by atoms with van der Waals surface area (Å²) in [5.41, 5.74) is 1.30. The number of ether oxygens (including phenoxy) is 1. The number of aromatic nitrogens is 1. The van der Waals surface area contributed by atoms with Crippen LogP contribution in [0.2, 0.25) is 0 Å². The highest BCUT2D eigenvalue weighted by molar-refractivity contribution is 5.84. The lowest BCUT2D eigenvalue weighted by atomic mass is 10.1. The molecule has 0 spiro atoms. The smallest absolute Gasteiger partial charge is 0.260 e. The highest BCUT2D eigenvalue weighted by Gasteiger charge is 2.24. The van der Waals surface area contributed by atoms with Crippen molar-refractivity contribution in [3.63, 3.8) is 0 Å². The lowest BCUT2D eigenvalue weighted by Crippen LogP contribution is -3.13. The molecule has 5 heteroatoms. The Bertz CT molecular complexity index is 906. The second-order valence-electron chi connectivity index (χ2n) is 7.02. The van der Waals surface area contributed by atoms with E-state index < -0.39 is 0 Å². The van der Waals surface area contributed by atoms with Gasteiger partial charge in [0, 0.05) is 6.07 Å². The minimum Gasteiger partial charge on any atom is -0.484 e. The van der Waals surface area contributed by atoms with Crippen LogP contribution in [0.5, 0.6) is 5.75 Å². The third-order valence-corrected chi connectivity index (χ3v) is 5.13. The van der Waals surface area contributed by atoms with Crippen molar-refractivity contribution in [2.45, 2.75) is 6.54 Å². The molecule has 0 saturated carbocycles. The minimum absolute atomic E-state index is 0.0650. The van der Waals surface area contributed by atoms with Crippen LogP contribution in [0, 0.1) is 0 Å². The number of nitrogens with zero attached hydrogens (tertiary/aromatic N) is 1. The molecule has 138 valence electrons. The molecule has 4 rings (SSSR count). The van der Waals surface area contributed by atoms with Crippen LogP contribution < -0.4 is 14.6 Å². The van der Waals surface area contributed by atoms with Gasteiger partial charge in [-0.2, -0.15) is 0 Å². The first-order chi connectivity index (χ1) is 13.3. The first-order valence-corrected chi connectivity index (χ1v) is 9.46. The number of amides is 1. The van der Waals surface area contributed by atoms with E-state index in [0.717, 1.165) is 43.9 Å². The molecule has 1 fully saturated rings. The third kappa shape index (κ3) is 4.44. The van der Waals surface area contributed by atoms with E-state index in [9.17, 15) is 4.79 Å². The van der Waals surface area contributed by atoms with Crippen LogP contribution in [0.15, 0.2) is 67.0 Å². The number of quaternary nitrogens is 1. The number of hydrogen-bond acceptors (Lipinski definition) is 2. The molecule has 2 heterocycles. The molecule has 27 heavy (non-hydrogen) atoms. The van der Waals surface area contributed by atoms with Gasteiger partial charge in [-0.3, -0.25) is 4.79 Å². The Kier molecular flexibility index (Phi) is 5.30. The zero-order chi connectivity index (χ0) is 18.5. The topological polar surface area (TPSA) is 48.1 Å². The van der Waals surface area contributed by atoms with E-state index in [2.05, 4.69) is 23.2 Å². The number of benzene rings is 2. The van der Waals surface area contributed by atoms with E-state index in [1.54, 1.807) is 0 Å². The molecule has 0 radical (unpaired) electrons. The van der Waals surface area contributed by atoms with E-state index in [1.165, 1.54) is 15.8 Å². The molecule has 1 aromatic heterocycles. The quantitative estimate of drug-likeness (QED) is 0.734. The fraction of sp³-hybridized carbons (Fsp3) is 0.273. The normalized spacial score (nSPS) is 15.0. The first-order valence-electron chi connectivity index (χ1n) is 9.46. The lowest BCUT2D eigenvalue weighted by molar-refractivity contribution is -0.917. The van der Waals surface area contributed by atoms with E-state index >= 15 is 0 Å². The van der Waals surface area contributed by atoms with E-state index in [4.69, 9.17) is 4.74 Å². The van der Waals surface area contributed by atoms with Gasteiger partial charge >= 0.3 is 0 Å². The van der Waals surface area contributed by atoms with Crippen molar-refractivity contribution in [2.75, 3.05) is 32.8 Å². The fourth-order valence-electron chi connectivity index (χ4n) is 3.57. The summed E-state index contributed by atoms with van der Waals surface area (Å²) in [4.78, 5) is 19.0. The SMILES string of the molecule is O=C(COc1ccc2ccccc2c1)N1CC[NH+](Cc2ccc[nH+]c2)CC1. The highest BCUT2D eigenvalue weighted by Crippen LogP contribution is 2.20. The summed E-state index contributed by atoms with van der Waals surface area (Å²) < 4.78 is 5.75. The molecule has 1 aliphatic rings. The molecule has 3 aromatic rings. The van der Waals surface area contributed by atoms with E-state index in [1.807, 2.05) is 53.7 Å². The molecule has 0 unspecified atom stereocenters. The molecule has 5 nitrogen and oxygen atoms in total. The molecular formula is C22H25N3O2+2. The van der Waals surface area contributed by atoms with Crippen LogP contribution in [0.1, 0.15) is 5.56 Å². The monoisotopic (exact) mass is 363 g/mol. The van der Waals surface area contributed by atoms with Crippen LogP contribution in [0.25, 0.3) is 10.8 Å². The number of piperazine rings is 1. The minimum atomic E-state index is 0.0650. The Morgan fingerprint density at radius 1 is 1.04 bits per heavy atom. The summed E-state index contributed by atoms with van der Waals surface area (Å²) >= 11 is 0. The van der Waals surface area contributed by atoms with Crippen molar-refractivity contribution in [3.8, 4) is 5.75 Å². The number of aromatic amines is 1. The lowest BCUT2D eigenvalue weighted by Gasteiger charge is -2.32. The molecule has 2 N–H and O–H groups in total. The number of nitrogens with one attached hydrogen (secondary N) is 2. The van der Waals surface area contributed by atoms with E-state index in [-0.39, 0.29) is 12.5 Å². The third-order valence-electron chi connectivity index (χ3n) is 5.13. The number of fused-ring (bicyclic) bond motifs is 1. The van der Waals surface area contributed by atoms with Crippen LogP contribution >= 0.6 is 0 Å². The molecule has 0 aliphatic carbocycles. The predicted octanol–water partition coefficient (Wildman–Crippen LogP) is 0.960. The van der Waals surface area contributed by atoms with Crippen LogP contribution in [-0.2, 0) is 11.3 Å². The molecule has 2 aromatic carbocycles. The van der Waals surface area contributed by atoms with Crippen LogP contribution in [0.3, 0.4) is 0 Å². The zero-order valence-corrected chi connectivity index (χ0v) is 15.4. The highest BCUT2D eigenvalue weighted by atomic mass is 16.5. The molecule has 1 aliphatic heterocycles. The summed E-state index contributed by atoms with van der Waals surface area (Å²) in [5.74, 6) is 0.807. The van der Waals surface area contributed by atoms with Gasteiger partial charge in [0.15, 0.2) is 19.0 Å². The molecule has 0 atom stereocenters. The second-order valence-corrected chi connectivity index (χ2v) is 7.02. The predicted molar refractivity (Wildman–Crippen MR) is 103 cm³/mol. The fourth-order valence-corrected chi connectivity index (χ4v) is 3.57. The van der Waals surface area contributed by atoms with Gasteiger partial charge in [-0.25, -0.2) is 4.98 Å². The van der Waals surface area contributed by atoms with Gasteiger partial charge in [-0.1, -0.05) is 30.3 Å². The standard InChI is InChI=1S/C22H23N3O2/c26-22(17-27-21-8-7-19-5-1-2-6-20(19)14-21)25-12-10-24(11-13-25)16-18-4-3-9-23-15-18/h1-9,14-15H,10-13,16-17H2/p+2. The van der Waals surface area contributed by atoms with Gasteiger partial charge in [0.1, 0.15) is 12.3 Å². The number of carbonyl (C=O) groups is 1. The van der Waals surface area contributed by atoms with Gasteiger partial charge in [-0.05, 0) is 29.0 Å². The summed E-state index contributed by atoms with van der Waals surface area (Å²) in [6.45, 7) is 4.60. The van der Waals surface area contributed by atoms with Crippen molar-refractivity contribution < 1.29 is 19.4 Å². The Hall–Kier alpha value is -2.92. The van der Waals surface area contributed by atoms with Crippen molar-refractivity contribution in [1.29, 1.82) is 0 Å². The summed E-state index contributed by atoms with van der Waals surface area (Å²) in [6, 6.07) is 18.2. The van der Waals surface area contributed by atoms with Crippen LogP contribution in [-0.4, -0.2) is 43.6 Å². The average molecular weight is 363 g/mol. The largest absolute Gasteiger partial charge is 0.484 e. The molecule has 0 bridgehead atoms. The van der Waals surface area contributed by atoms with Gasteiger partial charge in [0.25, 0.3) is 5.91 Å². The summed E-state index contributed by atoms with van der Waals surface area (Å²) in [6.07, 6.45) is 3.97. The van der Waals surface area contributed by atoms with E-state index in [0.29, 0.717) is 0 Å². The van der Waals surface area contributed by atoms with Gasteiger partial charge < -0.3 is 14.5 Å². The van der Waals surface area contributed by atoms with Crippen molar-refractivity contribution in [3.05, 3.63) is 72.6 Å². The average Bonchev–Trinajstić information content (AvgIpc) is 2.73. The molecular weight excluding hydrogens is 338 g/mol. The van der Waals surface area contributed by atoms with Gasteiger partial charge in [0.05, 0.1) is 31.7 Å². The number of hydrogen-bond donors (Lipinski definition) is 1. The first kappa shape index (κ1) is 17.5. The second kappa shape index (κ2) is 8.18. The van der Waals surface area contributed by atoms with Crippen LogP contribution in [0.4, 0.5) is 0 Å². The summed E-state index contributed by atoms with van der Waals surface area (Å²) in [5, 5.41) is 2.30. The zero-order valence-electron chi connectivity index (χ0n) is 15.4. The maximum atomic E-state index is 12.5. The maximum absolute atomic E-state index is 12.5. The summed E-state index contributed by atoms with van der Waals surface area (Å²) in [7, 11) is 0. The van der Waals surface area contributed by atoms with Gasteiger partial charge in [0.2, 0.25) is 0 Å². The molecule has 1 saturated heterocycles. The van der Waals surface area contributed by atoms with Gasteiger partial charge in [-0.15, -0.1) is 0 Å². The number of carbonyl (C=O) groups excluding carboxylic acids is 1. The Morgan fingerprint density at radius 2 is 1.85 bits per heavy atom. The Balaban J connectivity index is 1.26. The number of pyridine rings is 1. The Morgan fingerprint density at radius 3 is 2.63 bits per heavy atom. The maximum Gasteiger partial charge on any atom is 0.260 e.